The lowest BCUT2D eigenvalue weighted by atomic mass is 10.2. The predicted molar refractivity (Wildman–Crippen MR) is 90.7 cm³/mol. The third kappa shape index (κ3) is 3.04. The molecule has 0 fully saturated rings. The number of anilines is 2. The maximum Gasteiger partial charge on any atom is 0.291 e. The number of hydrogen-bond donors (Lipinski definition) is 2. The van der Waals surface area contributed by atoms with Crippen LogP contribution in [-0.4, -0.2) is 5.91 Å². The van der Waals surface area contributed by atoms with Crippen LogP contribution in [0.2, 0.25) is 0 Å². The summed E-state index contributed by atoms with van der Waals surface area (Å²) in [6, 6.07) is 18.2. The number of para-hydroxylation sites is 2. The van der Waals surface area contributed by atoms with E-state index in [1.165, 1.54) is 0 Å². The van der Waals surface area contributed by atoms with Gasteiger partial charge in [0.25, 0.3) is 5.91 Å². The molecule has 1 amide bonds. The summed E-state index contributed by atoms with van der Waals surface area (Å²) in [5, 5.41) is 2.74. The predicted octanol–water partition coefficient (Wildman–Crippen LogP) is 4.54. The van der Waals surface area contributed by atoms with Gasteiger partial charge in [0.15, 0.2) is 5.76 Å². The number of halogens is 1. The van der Waals surface area contributed by atoms with Gasteiger partial charge in [-0.1, -0.05) is 40.2 Å². The molecule has 0 atom stereocenters. The highest BCUT2D eigenvalue weighted by atomic mass is 79.9. The normalized spacial score (nSPS) is 10.4. The molecule has 0 bridgehead atoms. The third-order valence-corrected chi connectivity index (χ3v) is 3.70. The maximum atomic E-state index is 12.2. The number of amides is 1. The van der Waals surface area contributed by atoms with Crippen LogP contribution in [0.1, 0.15) is 10.6 Å². The van der Waals surface area contributed by atoms with Gasteiger partial charge in [-0.2, -0.15) is 0 Å². The van der Waals surface area contributed by atoms with Gasteiger partial charge in [0.1, 0.15) is 5.76 Å². The molecule has 0 unspecified atom stereocenters. The minimum Gasteiger partial charge on any atom is -0.451 e. The Labute approximate surface area is 136 Å². The second-order valence-corrected chi connectivity index (χ2v) is 5.63. The fourth-order valence-electron chi connectivity index (χ4n) is 2.02. The molecule has 3 aromatic rings. The number of carbonyl (C=O) groups excluding carboxylic acids is 1. The van der Waals surface area contributed by atoms with E-state index in [0.717, 1.165) is 10.0 Å². The van der Waals surface area contributed by atoms with Crippen LogP contribution in [0, 0.1) is 0 Å². The van der Waals surface area contributed by atoms with Crippen molar-refractivity contribution in [3.8, 4) is 11.3 Å². The van der Waals surface area contributed by atoms with Gasteiger partial charge in [0.2, 0.25) is 0 Å². The summed E-state index contributed by atoms with van der Waals surface area (Å²) < 4.78 is 6.60. The molecular weight excluding hydrogens is 344 g/mol. The van der Waals surface area contributed by atoms with Crippen molar-refractivity contribution in [2.24, 2.45) is 0 Å². The van der Waals surface area contributed by atoms with Crippen LogP contribution in [0.25, 0.3) is 11.3 Å². The first-order chi connectivity index (χ1) is 10.6. The van der Waals surface area contributed by atoms with Crippen LogP contribution in [0.5, 0.6) is 0 Å². The van der Waals surface area contributed by atoms with Crippen molar-refractivity contribution in [1.29, 1.82) is 0 Å². The number of benzene rings is 2. The zero-order valence-electron chi connectivity index (χ0n) is 11.5. The van der Waals surface area contributed by atoms with Gasteiger partial charge in [-0.15, -0.1) is 0 Å². The van der Waals surface area contributed by atoms with E-state index in [4.69, 9.17) is 10.2 Å². The highest BCUT2D eigenvalue weighted by Gasteiger charge is 2.13. The highest BCUT2D eigenvalue weighted by Crippen LogP contribution is 2.25. The van der Waals surface area contributed by atoms with Crippen molar-refractivity contribution in [3.05, 3.63) is 70.9 Å². The average Bonchev–Trinajstić information content (AvgIpc) is 3.00. The Bertz CT molecular complexity index is 810. The van der Waals surface area contributed by atoms with Gasteiger partial charge in [0.05, 0.1) is 11.4 Å². The summed E-state index contributed by atoms with van der Waals surface area (Å²) in [6.07, 6.45) is 0. The molecule has 1 heterocycles. The highest BCUT2D eigenvalue weighted by molar-refractivity contribution is 9.10. The minimum absolute atomic E-state index is 0.237. The average molecular weight is 357 g/mol. The molecular formula is C17H13BrN2O2. The Kier molecular flexibility index (Phi) is 3.98. The first-order valence-corrected chi connectivity index (χ1v) is 7.44. The lowest BCUT2D eigenvalue weighted by Gasteiger charge is -2.05. The van der Waals surface area contributed by atoms with Crippen LogP contribution in [0.15, 0.2) is 69.6 Å². The Morgan fingerprint density at radius 1 is 1.00 bits per heavy atom. The number of hydrogen-bond acceptors (Lipinski definition) is 3. The van der Waals surface area contributed by atoms with E-state index in [1.807, 2.05) is 30.3 Å². The van der Waals surface area contributed by atoms with Gasteiger partial charge in [-0.05, 0) is 36.4 Å². The fourth-order valence-corrected chi connectivity index (χ4v) is 2.29. The topological polar surface area (TPSA) is 68.3 Å². The van der Waals surface area contributed by atoms with E-state index in [0.29, 0.717) is 17.1 Å². The zero-order chi connectivity index (χ0) is 15.5. The molecule has 0 radical (unpaired) electrons. The summed E-state index contributed by atoms with van der Waals surface area (Å²) in [7, 11) is 0. The lowest BCUT2D eigenvalue weighted by molar-refractivity contribution is 0.0997. The van der Waals surface area contributed by atoms with E-state index < -0.39 is 0 Å². The summed E-state index contributed by atoms with van der Waals surface area (Å²) in [4.78, 5) is 12.2. The van der Waals surface area contributed by atoms with E-state index >= 15 is 0 Å². The number of nitrogens with one attached hydrogen (secondary N) is 1. The van der Waals surface area contributed by atoms with E-state index in [9.17, 15) is 4.79 Å². The first kappa shape index (κ1) is 14.4. The quantitative estimate of drug-likeness (QED) is 0.676. The molecule has 0 saturated carbocycles. The number of carbonyl (C=O) groups is 1. The molecule has 1 aromatic heterocycles. The molecule has 110 valence electrons. The minimum atomic E-state index is -0.332. The first-order valence-electron chi connectivity index (χ1n) is 6.65. The Balaban J connectivity index is 1.80. The van der Waals surface area contributed by atoms with Crippen LogP contribution in [0.3, 0.4) is 0 Å². The Morgan fingerprint density at radius 3 is 2.45 bits per heavy atom. The molecule has 5 heteroatoms. The van der Waals surface area contributed by atoms with E-state index in [2.05, 4.69) is 21.2 Å². The lowest BCUT2D eigenvalue weighted by Crippen LogP contribution is -2.12. The summed E-state index contributed by atoms with van der Waals surface area (Å²) in [5.41, 5.74) is 7.79. The second-order valence-electron chi connectivity index (χ2n) is 4.71. The summed E-state index contributed by atoms with van der Waals surface area (Å²) in [6.45, 7) is 0. The van der Waals surface area contributed by atoms with Crippen molar-refractivity contribution < 1.29 is 9.21 Å². The molecule has 2 aromatic carbocycles. The van der Waals surface area contributed by atoms with E-state index in [-0.39, 0.29) is 11.7 Å². The molecule has 4 nitrogen and oxygen atoms in total. The number of nitrogens with two attached hydrogens (primary N) is 1. The van der Waals surface area contributed by atoms with Gasteiger partial charge in [0, 0.05) is 10.0 Å². The molecule has 22 heavy (non-hydrogen) atoms. The van der Waals surface area contributed by atoms with Crippen molar-refractivity contribution in [1.82, 2.24) is 0 Å². The monoisotopic (exact) mass is 356 g/mol. The zero-order valence-corrected chi connectivity index (χ0v) is 13.1. The van der Waals surface area contributed by atoms with Crippen LogP contribution in [0.4, 0.5) is 11.4 Å². The third-order valence-electron chi connectivity index (χ3n) is 3.17. The summed E-state index contributed by atoms with van der Waals surface area (Å²) >= 11 is 3.38. The molecule has 3 N–H and O–H groups in total. The van der Waals surface area contributed by atoms with Crippen LogP contribution >= 0.6 is 15.9 Å². The van der Waals surface area contributed by atoms with Crippen LogP contribution < -0.4 is 11.1 Å². The summed E-state index contributed by atoms with van der Waals surface area (Å²) in [5.74, 6) is 0.543. The van der Waals surface area contributed by atoms with Crippen molar-refractivity contribution in [2.75, 3.05) is 11.1 Å². The van der Waals surface area contributed by atoms with Crippen molar-refractivity contribution >= 4 is 33.2 Å². The van der Waals surface area contributed by atoms with Gasteiger partial charge < -0.3 is 15.5 Å². The van der Waals surface area contributed by atoms with Gasteiger partial charge in [-0.3, -0.25) is 4.79 Å². The number of rotatable bonds is 3. The number of furan rings is 1. The van der Waals surface area contributed by atoms with Gasteiger partial charge >= 0.3 is 0 Å². The SMILES string of the molecule is Nc1ccccc1NC(=O)c1ccc(-c2ccc(Br)cc2)o1. The smallest absolute Gasteiger partial charge is 0.291 e. The molecule has 0 aliphatic rings. The molecule has 0 aliphatic carbocycles. The molecule has 0 aliphatic heterocycles. The standard InChI is InChI=1S/C17H13BrN2O2/c18-12-7-5-11(6-8-12)15-9-10-16(22-15)17(21)20-14-4-2-1-3-13(14)19/h1-10H,19H2,(H,20,21). The number of nitrogen functional groups attached to an aromatic ring is 1. The van der Waals surface area contributed by atoms with Crippen molar-refractivity contribution in [2.45, 2.75) is 0 Å². The second kappa shape index (κ2) is 6.07. The van der Waals surface area contributed by atoms with Crippen LogP contribution in [-0.2, 0) is 0 Å². The Morgan fingerprint density at radius 2 is 1.73 bits per heavy atom. The van der Waals surface area contributed by atoms with Gasteiger partial charge in [-0.25, -0.2) is 0 Å². The molecule has 3 rings (SSSR count). The van der Waals surface area contributed by atoms with E-state index in [1.54, 1.807) is 30.3 Å². The largest absolute Gasteiger partial charge is 0.451 e. The molecule has 0 saturated heterocycles. The fraction of sp³-hybridized carbons (Fsp3) is 0. The van der Waals surface area contributed by atoms with Crippen molar-refractivity contribution in [3.63, 3.8) is 0 Å². The maximum absolute atomic E-state index is 12.2. The molecule has 0 spiro atoms. The Hall–Kier alpha value is -2.53.